The van der Waals surface area contributed by atoms with Gasteiger partial charge in [0.25, 0.3) is 6.29 Å². The molecule has 1 aromatic carbocycles. The van der Waals surface area contributed by atoms with Gasteiger partial charge in [0.2, 0.25) is 0 Å². The van der Waals surface area contributed by atoms with Crippen LogP contribution in [0.1, 0.15) is 13.3 Å². The SMILES string of the molecule is C[C@H]1C(=O)O[C@@H](O/C=C2/C(=O)O[C@@H]3C=CC[C@H]23)[C@@H]1Sc1ccccc1. The maximum Gasteiger partial charge on any atom is 0.338 e. The van der Waals surface area contributed by atoms with Crippen LogP contribution in [0.25, 0.3) is 0 Å². The molecule has 1 aliphatic carbocycles. The highest BCUT2D eigenvalue weighted by Gasteiger charge is 2.45. The standard InChI is InChI=1S/C19H18O5S/c1-11-16(25-12-6-3-2-4-7-12)19(24-17(11)20)22-10-14-13-8-5-9-15(13)23-18(14)21/h2-7,9-11,13,15-16,19H,8H2,1H3/b14-10+/t11-,13-,15-,16-,19-/m1/s1. The highest BCUT2D eigenvalue weighted by atomic mass is 32.2. The highest BCUT2D eigenvalue weighted by molar-refractivity contribution is 8.00. The van der Waals surface area contributed by atoms with Gasteiger partial charge in [0.1, 0.15) is 6.10 Å². The van der Waals surface area contributed by atoms with Gasteiger partial charge in [-0.2, -0.15) is 0 Å². The zero-order chi connectivity index (χ0) is 17.4. The number of thioether (sulfide) groups is 1. The molecule has 130 valence electrons. The van der Waals surface area contributed by atoms with E-state index in [-0.39, 0.29) is 35.1 Å². The fourth-order valence-corrected chi connectivity index (χ4v) is 4.42. The monoisotopic (exact) mass is 358 g/mol. The van der Waals surface area contributed by atoms with Crippen LogP contribution in [0.2, 0.25) is 0 Å². The number of cyclic esters (lactones) is 1. The predicted octanol–water partition coefficient (Wildman–Crippen LogP) is 3.07. The lowest BCUT2D eigenvalue weighted by molar-refractivity contribution is -0.156. The van der Waals surface area contributed by atoms with Crippen LogP contribution >= 0.6 is 11.8 Å². The topological polar surface area (TPSA) is 61.8 Å². The first-order valence-electron chi connectivity index (χ1n) is 8.29. The lowest BCUT2D eigenvalue weighted by Gasteiger charge is -2.18. The van der Waals surface area contributed by atoms with Gasteiger partial charge in [-0.3, -0.25) is 4.79 Å². The molecule has 0 saturated carbocycles. The first kappa shape index (κ1) is 16.3. The van der Waals surface area contributed by atoms with E-state index in [0.717, 1.165) is 11.3 Å². The molecule has 2 saturated heterocycles. The van der Waals surface area contributed by atoms with Crippen molar-refractivity contribution in [2.75, 3.05) is 0 Å². The summed E-state index contributed by atoms with van der Waals surface area (Å²) in [6.45, 7) is 1.83. The summed E-state index contributed by atoms with van der Waals surface area (Å²) >= 11 is 1.55. The summed E-state index contributed by atoms with van der Waals surface area (Å²) in [5, 5.41) is -0.179. The summed E-state index contributed by atoms with van der Waals surface area (Å²) in [5.41, 5.74) is 0.508. The molecule has 0 aromatic heterocycles. The van der Waals surface area contributed by atoms with Crippen LogP contribution in [-0.4, -0.2) is 29.6 Å². The maximum absolute atomic E-state index is 12.0. The quantitative estimate of drug-likeness (QED) is 0.357. The van der Waals surface area contributed by atoms with Crippen LogP contribution in [0.3, 0.4) is 0 Å². The lowest BCUT2D eigenvalue weighted by atomic mass is 9.99. The smallest absolute Gasteiger partial charge is 0.338 e. The Balaban J connectivity index is 1.49. The molecule has 25 heavy (non-hydrogen) atoms. The fraction of sp³-hybridized carbons (Fsp3) is 0.368. The number of hydrogen-bond donors (Lipinski definition) is 0. The Hall–Kier alpha value is -2.21. The van der Waals surface area contributed by atoms with E-state index in [2.05, 4.69) is 0 Å². The summed E-state index contributed by atoms with van der Waals surface area (Å²) in [6, 6.07) is 9.81. The Bertz CT molecular complexity index is 741. The van der Waals surface area contributed by atoms with Gasteiger partial charge < -0.3 is 14.2 Å². The lowest BCUT2D eigenvalue weighted by Crippen LogP contribution is -2.24. The fourth-order valence-electron chi connectivity index (χ4n) is 3.25. The van der Waals surface area contributed by atoms with Gasteiger partial charge in [-0.1, -0.05) is 31.2 Å². The molecule has 4 rings (SSSR count). The van der Waals surface area contributed by atoms with E-state index >= 15 is 0 Å². The Morgan fingerprint density at radius 1 is 1.20 bits per heavy atom. The normalized spacial score (nSPS) is 34.9. The van der Waals surface area contributed by atoms with E-state index in [0.29, 0.717) is 5.57 Å². The minimum Gasteiger partial charge on any atom is -0.461 e. The average Bonchev–Trinajstić information content (AvgIpc) is 3.24. The summed E-state index contributed by atoms with van der Waals surface area (Å²) in [6.07, 6.45) is 5.17. The average molecular weight is 358 g/mol. The molecule has 3 aliphatic rings. The van der Waals surface area contributed by atoms with Crippen molar-refractivity contribution in [2.45, 2.75) is 35.9 Å². The Morgan fingerprint density at radius 3 is 2.80 bits per heavy atom. The van der Waals surface area contributed by atoms with Crippen LogP contribution in [0.15, 0.2) is 59.2 Å². The Morgan fingerprint density at radius 2 is 2.00 bits per heavy atom. The number of hydrogen-bond acceptors (Lipinski definition) is 6. The number of fused-ring (bicyclic) bond motifs is 1. The molecule has 0 N–H and O–H groups in total. The number of rotatable bonds is 4. The van der Waals surface area contributed by atoms with Gasteiger partial charge in [-0.15, -0.1) is 11.8 Å². The molecule has 2 fully saturated rings. The van der Waals surface area contributed by atoms with E-state index in [1.165, 1.54) is 6.26 Å². The van der Waals surface area contributed by atoms with Crippen molar-refractivity contribution in [3.8, 4) is 0 Å². The van der Waals surface area contributed by atoms with Crippen molar-refractivity contribution in [3.63, 3.8) is 0 Å². The second-order valence-electron chi connectivity index (χ2n) is 6.34. The van der Waals surface area contributed by atoms with Gasteiger partial charge in [-0.25, -0.2) is 4.79 Å². The number of ether oxygens (including phenoxy) is 3. The molecule has 1 aromatic rings. The van der Waals surface area contributed by atoms with E-state index in [1.54, 1.807) is 11.8 Å². The van der Waals surface area contributed by atoms with E-state index in [9.17, 15) is 9.59 Å². The largest absolute Gasteiger partial charge is 0.461 e. The second kappa shape index (κ2) is 6.59. The number of carbonyl (C=O) groups is 2. The maximum atomic E-state index is 12.0. The molecule has 0 amide bonds. The van der Waals surface area contributed by atoms with E-state index in [4.69, 9.17) is 14.2 Å². The third kappa shape index (κ3) is 3.06. The van der Waals surface area contributed by atoms with Crippen molar-refractivity contribution in [3.05, 3.63) is 54.3 Å². The van der Waals surface area contributed by atoms with Crippen molar-refractivity contribution in [1.29, 1.82) is 0 Å². The second-order valence-corrected chi connectivity index (χ2v) is 7.59. The molecule has 5 nitrogen and oxygen atoms in total. The zero-order valence-corrected chi connectivity index (χ0v) is 14.5. The van der Waals surface area contributed by atoms with Crippen molar-refractivity contribution >= 4 is 23.7 Å². The third-order valence-electron chi connectivity index (χ3n) is 4.70. The summed E-state index contributed by atoms with van der Waals surface area (Å²) in [5.74, 6) is -0.928. The highest BCUT2D eigenvalue weighted by Crippen LogP contribution is 2.39. The molecule has 2 heterocycles. The molecule has 0 unspecified atom stereocenters. The third-order valence-corrected chi connectivity index (χ3v) is 6.15. The van der Waals surface area contributed by atoms with Crippen LogP contribution in [0.5, 0.6) is 0 Å². The van der Waals surface area contributed by atoms with Crippen molar-refractivity contribution in [1.82, 2.24) is 0 Å². The summed E-state index contributed by atoms with van der Waals surface area (Å²) < 4.78 is 16.4. The Kier molecular flexibility index (Phi) is 4.29. The van der Waals surface area contributed by atoms with Crippen molar-refractivity contribution < 1.29 is 23.8 Å². The first-order valence-corrected chi connectivity index (χ1v) is 9.17. The van der Waals surface area contributed by atoms with E-state index in [1.807, 2.05) is 49.4 Å². The van der Waals surface area contributed by atoms with Crippen LogP contribution in [-0.2, 0) is 23.8 Å². The Labute approximate surface area is 150 Å². The van der Waals surface area contributed by atoms with Crippen molar-refractivity contribution in [2.24, 2.45) is 11.8 Å². The van der Waals surface area contributed by atoms with Crippen LogP contribution in [0, 0.1) is 11.8 Å². The number of carbonyl (C=O) groups excluding carboxylic acids is 2. The van der Waals surface area contributed by atoms with Crippen LogP contribution in [0.4, 0.5) is 0 Å². The predicted molar refractivity (Wildman–Crippen MR) is 91.4 cm³/mol. The van der Waals surface area contributed by atoms with Gasteiger partial charge >= 0.3 is 11.9 Å². The van der Waals surface area contributed by atoms with Crippen LogP contribution < -0.4 is 0 Å². The minimum absolute atomic E-state index is 0.00209. The molecular formula is C19H18O5S. The van der Waals surface area contributed by atoms with Gasteiger partial charge in [0.15, 0.2) is 0 Å². The number of benzene rings is 1. The summed E-state index contributed by atoms with van der Waals surface area (Å²) in [7, 11) is 0. The molecule has 6 heteroatoms. The molecular weight excluding hydrogens is 340 g/mol. The van der Waals surface area contributed by atoms with E-state index < -0.39 is 6.29 Å². The van der Waals surface area contributed by atoms with Gasteiger partial charge in [-0.05, 0) is 24.6 Å². The number of esters is 2. The zero-order valence-electron chi connectivity index (χ0n) is 13.7. The molecule has 2 aliphatic heterocycles. The molecule has 0 bridgehead atoms. The molecule has 5 atom stereocenters. The minimum atomic E-state index is -0.721. The van der Waals surface area contributed by atoms with Gasteiger partial charge in [0, 0.05) is 10.8 Å². The first-order chi connectivity index (χ1) is 12.1. The molecule has 0 spiro atoms. The summed E-state index contributed by atoms with van der Waals surface area (Å²) in [4.78, 5) is 25.0. The number of allylic oxidation sites excluding steroid dienone is 1. The molecule has 0 radical (unpaired) electrons. The van der Waals surface area contributed by atoms with Gasteiger partial charge in [0.05, 0.1) is 23.0 Å².